The SMILES string of the molecule is COC(=O)N[C@@H](CC/C=C/C(=O)N(C)C)C(=O)Cc1cccn(Cc2nc3c(Oc4ccc(F)cc4F)ncnc3n2C(=O)OC(C)(C)C)c1=O. The van der Waals surface area contributed by atoms with Gasteiger partial charge in [-0.05, 0) is 57.9 Å². The van der Waals surface area contributed by atoms with Crippen LogP contribution < -0.4 is 15.6 Å². The van der Waals surface area contributed by atoms with Gasteiger partial charge in [0, 0.05) is 38.3 Å². The van der Waals surface area contributed by atoms with E-state index in [1.54, 1.807) is 40.9 Å². The number of nitrogens with one attached hydrogen (secondary N) is 1. The second kappa shape index (κ2) is 16.1. The number of rotatable bonds is 12. The first-order valence-electron chi connectivity index (χ1n) is 15.6. The Morgan fingerprint density at radius 1 is 1.10 bits per heavy atom. The average Bonchev–Trinajstić information content (AvgIpc) is 3.43. The fraction of sp³-hybridized carbons (Fsp3) is 0.353. The van der Waals surface area contributed by atoms with Gasteiger partial charge in [-0.2, -0.15) is 4.98 Å². The molecule has 270 valence electrons. The van der Waals surface area contributed by atoms with Crippen LogP contribution in [-0.2, 0) is 32.0 Å². The van der Waals surface area contributed by atoms with Gasteiger partial charge in [0.05, 0.1) is 19.7 Å². The van der Waals surface area contributed by atoms with E-state index in [2.05, 4.69) is 25.0 Å². The highest BCUT2D eigenvalue weighted by Gasteiger charge is 2.27. The number of allylic oxidation sites excluding steroid dienone is 1. The number of amides is 2. The molecule has 1 aromatic carbocycles. The molecule has 0 aliphatic heterocycles. The second-order valence-electron chi connectivity index (χ2n) is 12.4. The van der Waals surface area contributed by atoms with Crippen LogP contribution in [0.15, 0.2) is 59.8 Å². The number of likely N-dealkylation sites (N-methyl/N-ethyl adjacent to an activating group) is 1. The van der Waals surface area contributed by atoms with Crippen LogP contribution in [-0.4, -0.2) is 85.7 Å². The largest absolute Gasteiger partial charge is 0.453 e. The Balaban J connectivity index is 1.67. The first-order chi connectivity index (χ1) is 24.1. The van der Waals surface area contributed by atoms with Crippen molar-refractivity contribution in [3.8, 4) is 11.6 Å². The normalized spacial score (nSPS) is 12.1. The molecule has 17 heteroatoms. The molecule has 0 bridgehead atoms. The van der Waals surface area contributed by atoms with E-state index < -0.39 is 46.8 Å². The van der Waals surface area contributed by atoms with Crippen molar-refractivity contribution < 1.29 is 42.2 Å². The standard InChI is InChI=1S/C34H37F2N7O8/c1-34(2,3)51-33(48)43-26(40-28-29(43)37-19-38-30(28)50-25-14-13-21(35)17-22(25)36)18-42-15-9-10-20(31(42)46)16-24(44)23(39-32(47)49-6)11-7-8-12-27(45)41(4)5/h8-10,12-15,17,19,23H,7,11,16,18H2,1-6H3,(H,39,47)/b12-8+/t23-/m0/s1. The van der Waals surface area contributed by atoms with E-state index >= 15 is 0 Å². The van der Waals surface area contributed by atoms with Crippen molar-refractivity contribution in [3.63, 3.8) is 0 Å². The maximum atomic E-state index is 14.4. The van der Waals surface area contributed by atoms with E-state index in [1.807, 2.05) is 0 Å². The summed E-state index contributed by atoms with van der Waals surface area (Å²) in [5.74, 6) is -3.23. The number of Topliss-reactive ketones (excluding diaryl/α,β-unsaturated/α-hetero) is 1. The molecular formula is C34H37F2N7O8. The number of alkyl carbamates (subject to hydrolysis) is 1. The third-order valence-corrected chi connectivity index (χ3v) is 7.12. The molecule has 0 aliphatic rings. The number of methoxy groups -OCH3 is 1. The van der Waals surface area contributed by atoms with Crippen LogP contribution in [0.5, 0.6) is 11.6 Å². The van der Waals surface area contributed by atoms with Crippen molar-refractivity contribution in [1.82, 2.24) is 34.3 Å². The second-order valence-corrected chi connectivity index (χ2v) is 12.4. The number of nitrogens with zero attached hydrogens (tertiary/aromatic N) is 6. The van der Waals surface area contributed by atoms with Crippen molar-refractivity contribution in [2.75, 3.05) is 21.2 Å². The van der Waals surface area contributed by atoms with Gasteiger partial charge in [-0.1, -0.05) is 12.1 Å². The lowest BCUT2D eigenvalue weighted by Gasteiger charge is -2.20. The van der Waals surface area contributed by atoms with E-state index in [0.29, 0.717) is 6.07 Å². The van der Waals surface area contributed by atoms with Crippen LogP contribution in [0, 0.1) is 11.6 Å². The highest BCUT2D eigenvalue weighted by Crippen LogP contribution is 2.29. The van der Waals surface area contributed by atoms with Crippen molar-refractivity contribution in [1.29, 1.82) is 0 Å². The summed E-state index contributed by atoms with van der Waals surface area (Å²) in [4.78, 5) is 78.4. The number of aromatic nitrogens is 5. The molecule has 4 aromatic rings. The molecule has 0 spiro atoms. The van der Waals surface area contributed by atoms with Crippen molar-refractivity contribution in [2.45, 2.75) is 58.2 Å². The Morgan fingerprint density at radius 2 is 1.84 bits per heavy atom. The Bertz CT molecular complexity index is 2040. The molecular weight excluding hydrogens is 672 g/mol. The number of hydrogen-bond acceptors (Lipinski definition) is 11. The first kappa shape index (κ1) is 37.8. The van der Waals surface area contributed by atoms with Gasteiger partial charge in [-0.15, -0.1) is 0 Å². The quantitative estimate of drug-likeness (QED) is 0.209. The number of pyridine rings is 1. The lowest BCUT2D eigenvalue weighted by atomic mass is 10.0. The van der Waals surface area contributed by atoms with E-state index in [0.717, 1.165) is 30.1 Å². The van der Waals surface area contributed by atoms with Crippen LogP contribution in [0.2, 0.25) is 0 Å². The number of ether oxygens (including phenoxy) is 3. The Labute approximate surface area is 290 Å². The predicted molar refractivity (Wildman–Crippen MR) is 178 cm³/mol. The van der Waals surface area contributed by atoms with E-state index in [9.17, 15) is 32.8 Å². The first-order valence-corrected chi connectivity index (χ1v) is 15.6. The summed E-state index contributed by atoms with van der Waals surface area (Å²) in [6, 6.07) is 4.61. The minimum Gasteiger partial charge on any atom is -0.453 e. The minimum absolute atomic E-state index is 0.0425. The molecule has 0 saturated carbocycles. The molecule has 2 amide bonds. The Kier molecular flexibility index (Phi) is 12.0. The van der Waals surface area contributed by atoms with Gasteiger partial charge in [0.25, 0.3) is 11.4 Å². The zero-order valence-electron chi connectivity index (χ0n) is 28.8. The van der Waals surface area contributed by atoms with Crippen LogP contribution >= 0.6 is 0 Å². The van der Waals surface area contributed by atoms with Crippen molar-refractivity contribution in [3.05, 3.63) is 88.4 Å². The lowest BCUT2D eigenvalue weighted by molar-refractivity contribution is -0.123. The molecule has 4 rings (SSSR count). The van der Waals surface area contributed by atoms with Gasteiger partial charge in [0.1, 0.15) is 23.6 Å². The number of imidazole rings is 1. The Morgan fingerprint density at radius 3 is 2.51 bits per heavy atom. The number of benzene rings is 1. The molecule has 3 heterocycles. The number of carbonyl (C=O) groups excluding carboxylic acids is 4. The summed E-state index contributed by atoms with van der Waals surface area (Å²) in [5, 5.41) is 2.47. The molecule has 0 unspecified atom stereocenters. The van der Waals surface area contributed by atoms with E-state index in [4.69, 9.17) is 9.47 Å². The lowest BCUT2D eigenvalue weighted by Crippen LogP contribution is -2.42. The van der Waals surface area contributed by atoms with Crippen molar-refractivity contribution in [2.24, 2.45) is 0 Å². The molecule has 51 heavy (non-hydrogen) atoms. The minimum atomic E-state index is -1.04. The molecule has 1 atom stereocenters. The van der Waals surface area contributed by atoms with Gasteiger partial charge in [0.2, 0.25) is 5.91 Å². The Hall–Kier alpha value is -6.00. The number of fused-ring (bicyclic) bond motifs is 1. The molecule has 3 aromatic heterocycles. The average molecular weight is 710 g/mol. The van der Waals surface area contributed by atoms with Crippen LogP contribution in [0.3, 0.4) is 0 Å². The predicted octanol–water partition coefficient (Wildman–Crippen LogP) is 4.15. The fourth-order valence-electron chi connectivity index (χ4n) is 4.68. The summed E-state index contributed by atoms with van der Waals surface area (Å²) in [7, 11) is 4.33. The van der Waals surface area contributed by atoms with Crippen molar-refractivity contribution >= 4 is 35.0 Å². The summed E-state index contributed by atoms with van der Waals surface area (Å²) in [6.07, 6.45) is 3.68. The van der Waals surface area contributed by atoms with E-state index in [1.165, 1.54) is 33.9 Å². The maximum absolute atomic E-state index is 14.4. The van der Waals surface area contributed by atoms with E-state index in [-0.39, 0.29) is 65.9 Å². The van der Waals surface area contributed by atoms with Crippen LogP contribution in [0.1, 0.15) is 45.0 Å². The monoisotopic (exact) mass is 709 g/mol. The summed E-state index contributed by atoms with van der Waals surface area (Å²) < 4.78 is 46.0. The topological polar surface area (TPSA) is 177 Å². The third-order valence-electron chi connectivity index (χ3n) is 7.12. The number of ketones is 1. The molecule has 0 fully saturated rings. The van der Waals surface area contributed by atoms with Gasteiger partial charge in [0.15, 0.2) is 28.5 Å². The summed E-state index contributed by atoms with van der Waals surface area (Å²) in [6.45, 7) is 4.63. The molecule has 0 radical (unpaired) electrons. The van der Waals surface area contributed by atoms with Gasteiger partial charge >= 0.3 is 12.2 Å². The van der Waals surface area contributed by atoms with Gasteiger partial charge < -0.3 is 29.0 Å². The molecule has 15 nitrogen and oxygen atoms in total. The zero-order valence-corrected chi connectivity index (χ0v) is 28.8. The molecule has 0 aliphatic carbocycles. The van der Waals surface area contributed by atoms with Crippen LogP contribution in [0.4, 0.5) is 18.4 Å². The molecule has 1 N–H and O–H groups in total. The van der Waals surface area contributed by atoms with Gasteiger partial charge in [-0.25, -0.2) is 32.9 Å². The third kappa shape index (κ3) is 9.80. The number of halogens is 2. The fourth-order valence-corrected chi connectivity index (χ4v) is 4.68. The highest BCUT2D eigenvalue weighted by molar-refractivity contribution is 5.89. The van der Waals surface area contributed by atoms with Gasteiger partial charge in [-0.3, -0.25) is 14.4 Å². The summed E-state index contributed by atoms with van der Waals surface area (Å²) in [5.41, 5.74) is -1.63. The summed E-state index contributed by atoms with van der Waals surface area (Å²) >= 11 is 0. The zero-order chi connectivity index (χ0) is 37.5. The highest BCUT2D eigenvalue weighted by atomic mass is 19.1. The number of carbonyl (C=O) groups is 4. The van der Waals surface area contributed by atoms with Crippen LogP contribution in [0.25, 0.3) is 11.2 Å². The smallest absolute Gasteiger partial charge is 0.421 e. The number of hydrogen-bond donors (Lipinski definition) is 1. The maximum Gasteiger partial charge on any atom is 0.421 e. The molecule has 0 saturated heterocycles.